The summed E-state index contributed by atoms with van der Waals surface area (Å²) < 4.78 is 12.8. The minimum Gasteiger partial charge on any atom is -0.370 e. The number of hydrogen-bond donors (Lipinski definition) is 1. The number of nitrogens with two attached hydrogens (primary N) is 1. The smallest absolute Gasteiger partial charge is 0.191 e. The van der Waals surface area contributed by atoms with Crippen LogP contribution in [0.15, 0.2) is 29.3 Å². The van der Waals surface area contributed by atoms with Gasteiger partial charge in [0, 0.05) is 26.2 Å². The first-order chi connectivity index (χ1) is 9.56. The molecule has 2 N–H and O–H groups in total. The number of likely N-dealkylation sites (N-methyl/N-ethyl adjacent to an activating group) is 1. The Kier molecular flexibility index (Phi) is 7.37. The monoisotopic (exact) mass is 406 g/mol. The first-order valence-corrected chi connectivity index (χ1v) is 7.02. The number of aliphatic imine (C=N–C) groups is 1. The zero-order chi connectivity index (χ0) is 14.5. The van der Waals surface area contributed by atoms with Crippen LogP contribution in [0.3, 0.4) is 0 Å². The van der Waals surface area contributed by atoms with E-state index in [-0.39, 0.29) is 29.8 Å². The second-order valence-corrected chi connectivity index (χ2v) is 5.45. The summed E-state index contributed by atoms with van der Waals surface area (Å²) in [5.41, 5.74) is 7.03. The van der Waals surface area contributed by atoms with Crippen LogP contribution in [-0.2, 0) is 6.54 Å². The standard InChI is InChI=1S/C15H23FN4.HI/c1-19(11-12-3-5-13(16)6-4-12)10-9-18-15(17)20(2)14-7-8-14;/h3-6,14H,7-11H2,1-2H3,(H2,17,18);1H. The molecule has 1 saturated carbocycles. The van der Waals surface area contributed by atoms with Crippen molar-refractivity contribution in [2.24, 2.45) is 10.7 Å². The Morgan fingerprint density at radius 1 is 1.29 bits per heavy atom. The number of benzene rings is 1. The van der Waals surface area contributed by atoms with Gasteiger partial charge < -0.3 is 15.5 Å². The molecule has 1 aromatic rings. The van der Waals surface area contributed by atoms with E-state index in [0.29, 0.717) is 18.5 Å². The number of rotatable bonds is 6. The molecular weight excluding hydrogens is 382 g/mol. The SMILES string of the molecule is CN(CCN=C(N)N(C)C1CC1)Cc1ccc(F)cc1.I. The molecule has 21 heavy (non-hydrogen) atoms. The first-order valence-electron chi connectivity index (χ1n) is 7.02. The van der Waals surface area contributed by atoms with Crippen molar-refractivity contribution in [2.45, 2.75) is 25.4 Å². The van der Waals surface area contributed by atoms with Crippen molar-refractivity contribution in [3.05, 3.63) is 35.6 Å². The molecule has 0 spiro atoms. The lowest BCUT2D eigenvalue weighted by molar-refractivity contribution is 0.335. The maximum atomic E-state index is 12.8. The highest BCUT2D eigenvalue weighted by Crippen LogP contribution is 2.24. The van der Waals surface area contributed by atoms with E-state index in [1.807, 2.05) is 26.2 Å². The number of hydrogen-bond acceptors (Lipinski definition) is 2. The summed E-state index contributed by atoms with van der Waals surface area (Å²) in [5, 5.41) is 0. The minimum atomic E-state index is -0.197. The van der Waals surface area contributed by atoms with Gasteiger partial charge in [-0.1, -0.05) is 12.1 Å². The highest BCUT2D eigenvalue weighted by molar-refractivity contribution is 14.0. The Labute approximate surface area is 143 Å². The highest BCUT2D eigenvalue weighted by atomic mass is 127. The largest absolute Gasteiger partial charge is 0.370 e. The average Bonchev–Trinajstić information content (AvgIpc) is 3.25. The van der Waals surface area contributed by atoms with Crippen molar-refractivity contribution >= 4 is 29.9 Å². The molecule has 0 saturated heterocycles. The molecular formula is C15H24FIN4. The van der Waals surface area contributed by atoms with Gasteiger partial charge in [-0.05, 0) is 37.6 Å². The van der Waals surface area contributed by atoms with E-state index >= 15 is 0 Å². The van der Waals surface area contributed by atoms with Gasteiger partial charge in [0.1, 0.15) is 5.82 Å². The molecule has 0 radical (unpaired) electrons. The van der Waals surface area contributed by atoms with Crippen LogP contribution in [0.5, 0.6) is 0 Å². The summed E-state index contributed by atoms with van der Waals surface area (Å²) in [7, 11) is 4.03. The van der Waals surface area contributed by atoms with Crippen molar-refractivity contribution in [3.63, 3.8) is 0 Å². The molecule has 1 aliphatic carbocycles. The Bertz CT molecular complexity index is 459. The second kappa shape index (κ2) is 8.53. The van der Waals surface area contributed by atoms with Crippen LogP contribution in [0.25, 0.3) is 0 Å². The van der Waals surface area contributed by atoms with Gasteiger partial charge in [-0.2, -0.15) is 0 Å². The van der Waals surface area contributed by atoms with Crippen molar-refractivity contribution in [2.75, 3.05) is 27.2 Å². The zero-order valence-corrected chi connectivity index (χ0v) is 15.0. The van der Waals surface area contributed by atoms with Crippen molar-refractivity contribution < 1.29 is 4.39 Å². The van der Waals surface area contributed by atoms with Crippen LogP contribution in [0.4, 0.5) is 4.39 Å². The summed E-state index contributed by atoms with van der Waals surface area (Å²) in [6.07, 6.45) is 2.44. The predicted octanol–water partition coefficient (Wildman–Crippen LogP) is 2.28. The molecule has 0 atom stereocenters. The molecule has 0 bridgehead atoms. The molecule has 1 aromatic carbocycles. The zero-order valence-electron chi connectivity index (χ0n) is 12.6. The lowest BCUT2D eigenvalue weighted by Gasteiger charge is -2.18. The molecule has 0 unspecified atom stereocenters. The summed E-state index contributed by atoms with van der Waals surface area (Å²) in [6.45, 7) is 2.30. The number of nitrogens with zero attached hydrogens (tertiary/aromatic N) is 3. The summed E-state index contributed by atoms with van der Waals surface area (Å²) in [5.74, 6) is 0.430. The molecule has 0 aromatic heterocycles. The topological polar surface area (TPSA) is 44.9 Å². The summed E-state index contributed by atoms with van der Waals surface area (Å²) >= 11 is 0. The van der Waals surface area contributed by atoms with Crippen LogP contribution in [0.2, 0.25) is 0 Å². The third kappa shape index (κ3) is 6.17. The average molecular weight is 406 g/mol. The molecule has 1 aliphatic rings. The molecule has 2 rings (SSSR count). The Balaban J connectivity index is 0.00000220. The molecule has 0 heterocycles. The molecule has 0 amide bonds. The maximum absolute atomic E-state index is 12.8. The molecule has 6 heteroatoms. The van der Waals surface area contributed by atoms with Crippen LogP contribution in [0, 0.1) is 5.82 Å². The first kappa shape index (κ1) is 18.2. The molecule has 0 aliphatic heterocycles. The maximum Gasteiger partial charge on any atom is 0.191 e. The fourth-order valence-electron chi connectivity index (χ4n) is 2.08. The third-order valence-corrected chi connectivity index (χ3v) is 3.58. The second-order valence-electron chi connectivity index (χ2n) is 5.45. The Morgan fingerprint density at radius 3 is 2.48 bits per heavy atom. The predicted molar refractivity (Wildman–Crippen MR) is 95.4 cm³/mol. The molecule has 1 fully saturated rings. The fourth-order valence-corrected chi connectivity index (χ4v) is 2.08. The normalized spacial score (nSPS) is 15.0. The summed E-state index contributed by atoms with van der Waals surface area (Å²) in [4.78, 5) is 8.61. The van der Waals surface area contributed by atoms with E-state index in [1.165, 1.54) is 25.0 Å². The fraction of sp³-hybridized carbons (Fsp3) is 0.533. The van der Waals surface area contributed by atoms with Crippen LogP contribution < -0.4 is 5.73 Å². The van der Waals surface area contributed by atoms with E-state index < -0.39 is 0 Å². The van der Waals surface area contributed by atoms with Gasteiger partial charge in [0.2, 0.25) is 0 Å². The lowest BCUT2D eigenvalue weighted by atomic mass is 10.2. The molecule has 4 nitrogen and oxygen atoms in total. The minimum absolute atomic E-state index is 0. The van der Waals surface area contributed by atoms with Crippen molar-refractivity contribution in [1.29, 1.82) is 0 Å². The molecule has 118 valence electrons. The van der Waals surface area contributed by atoms with Gasteiger partial charge in [0.05, 0.1) is 6.54 Å². The Morgan fingerprint density at radius 2 is 1.90 bits per heavy atom. The van der Waals surface area contributed by atoms with Crippen molar-refractivity contribution in [3.8, 4) is 0 Å². The van der Waals surface area contributed by atoms with E-state index in [0.717, 1.165) is 18.7 Å². The number of guanidine groups is 1. The Hall–Kier alpha value is -0.890. The van der Waals surface area contributed by atoms with Gasteiger partial charge >= 0.3 is 0 Å². The lowest BCUT2D eigenvalue weighted by Crippen LogP contribution is -2.36. The van der Waals surface area contributed by atoms with E-state index in [1.54, 1.807) is 0 Å². The van der Waals surface area contributed by atoms with E-state index in [9.17, 15) is 4.39 Å². The van der Waals surface area contributed by atoms with E-state index in [2.05, 4.69) is 14.8 Å². The van der Waals surface area contributed by atoms with Crippen LogP contribution in [-0.4, -0.2) is 49.0 Å². The van der Waals surface area contributed by atoms with Gasteiger partial charge in [0.15, 0.2) is 5.96 Å². The van der Waals surface area contributed by atoms with Crippen molar-refractivity contribution in [1.82, 2.24) is 9.80 Å². The third-order valence-electron chi connectivity index (χ3n) is 3.58. The quantitative estimate of drug-likeness (QED) is 0.448. The van der Waals surface area contributed by atoms with Crippen LogP contribution in [0.1, 0.15) is 18.4 Å². The van der Waals surface area contributed by atoms with E-state index in [4.69, 9.17) is 5.73 Å². The van der Waals surface area contributed by atoms with Gasteiger partial charge in [0.25, 0.3) is 0 Å². The van der Waals surface area contributed by atoms with Gasteiger partial charge in [-0.3, -0.25) is 4.99 Å². The number of halogens is 2. The van der Waals surface area contributed by atoms with Crippen LogP contribution >= 0.6 is 24.0 Å². The summed E-state index contributed by atoms with van der Waals surface area (Å²) in [6, 6.07) is 7.19. The van der Waals surface area contributed by atoms with Gasteiger partial charge in [-0.25, -0.2) is 4.39 Å². The highest BCUT2D eigenvalue weighted by Gasteiger charge is 2.27. The van der Waals surface area contributed by atoms with Gasteiger partial charge in [-0.15, -0.1) is 24.0 Å².